The molecule has 1 unspecified atom stereocenters. The molecule has 1 amide bonds. The lowest BCUT2D eigenvalue weighted by molar-refractivity contribution is -0.132. The highest BCUT2D eigenvalue weighted by atomic mass is 32.1. The minimum atomic E-state index is -1.02. The molecule has 3 aromatic rings. The quantitative estimate of drug-likeness (QED) is 0.0535. The number of hydrogen-bond donors (Lipinski definition) is 1. The lowest BCUT2D eigenvalue weighted by atomic mass is 9.95. The van der Waals surface area contributed by atoms with E-state index in [0.717, 1.165) is 37.0 Å². The highest BCUT2D eigenvalue weighted by molar-refractivity contribution is 7.17. The van der Waals surface area contributed by atoms with Crippen LogP contribution in [0.25, 0.3) is 5.76 Å². The second kappa shape index (κ2) is 14.6. The molecule has 0 bridgehead atoms. The maximum absolute atomic E-state index is 13.6. The topological polar surface area (TPSA) is 115 Å². The van der Waals surface area contributed by atoms with Crippen molar-refractivity contribution in [1.29, 1.82) is 0 Å². The maximum Gasteiger partial charge on any atom is 0.350 e. The van der Waals surface area contributed by atoms with E-state index in [0.29, 0.717) is 41.5 Å². The van der Waals surface area contributed by atoms with Crippen molar-refractivity contribution >= 4 is 39.9 Å². The normalized spacial score (nSPS) is 15.9. The number of aliphatic hydroxyl groups excluding tert-OH is 1. The van der Waals surface area contributed by atoms with E-state index in [9.17, 15) is 19.5 Å². The van der Waals surface area contributed by atoms with Crippen LogP contribution in [0.5, 0.6) is 11.5 Å². The fourth-order valence-corrected chi connectivity index (χ4v) is 5.51. The SMILES string of the molecule is C=CCOC(=O)c1sc(N2C(=O)C(=O)C(=C(O)c3cccc(OCCCC)c3)C2c2ccc(OCCCC)cc2)nc1C. The van der Waals surface area contributed by atoms with Crippen molar-refractivity contribution in [3.8, 4) is 11.5 Å². The van der Waals surface area contributed by atoms with Crippen LogP contribution in [-0.2, 0) is 14.3 Å². The summed E-state index contributed by atoms with van der Waals surface area (Å²) in [5.74, 6) is -1.51. The van der Waals surface area contributed by atoms with E-state index in [-0.39, 0.29) is 27.9 Å². The highest BCUT2D eigenvalue weighted by Crippen LogP contribution is 2.44. The number of ketones is 1. The Morgan fingerprint density at radius 3 is 2.37 bits per heavy atom. The van der Waals surface area contributed by atoms with Crippen LogP contribution < -0.4 is 14.4 Å². The molecule has 0 radical (unpaired) electrons. The zero-order chi connectivity index (χ0) is 30.9. The van der Waals surface area contributed by atoms with Gasteiger partial charge in [0.05, 0.1) is 30.5 Å². The molecule has 0 saturated carbocycles. The second-order valence-electron chi connectivity index (χ2n) is 9.97. The molecule has 2 aromatic carbocycles. The summed E-state index contributed by atoms with van der Waals surface area (Å²) in [5, 5.41) is 11.7. The van der Waals surface area contributed by atoms with Gasteiger partial charge in [0, 0.05) is 5.56 Å². The number of aromatic nitrogens is 1. The molecular weight excluding hydrogens is 568 g/mol. The number of anilines is 1. The Morgan fingerprint density at radius 1 is 1.05 bits per heavy atom. The molecular formula is C33H36N2O7S. The van der Waals surface area contributed by atoms with Gasteiger partial charge in [0.15, 0.2) is 5.13 Å². The fourth-order valence-electron chi connectivity index (χ4n) is 4.52. The van der Waals surface area contributed by atoms with Gasteiger partial charge in [-0.2, -0.15) is 0 Å². The molecule has 1 atom stereocenters. The second-order valence-corrected chi connectivity index (χ2v) is 10.9. The third kappa shape index (κ3) is 7.14. The van der Waals surface area contributed by atoms with E-state index in [1.165, 1.54) is 11.0 Å². The van der Waals surface area contributed by atoms with Crippen LogP contribution in [0.15, 0.2) is 66.8 Å². The van der Waals surface area contributed by atoms with Crippen LogP contribution >= 0.6 is 11.3 Å². The number of benzene rings is 2. The molecule has 2 heterocycles. The van der Waals surface area contributed by atoms with Crippen molar-refractivity contribution in [2.24, 2.45) is 0 Å². The minimum absolute atomic E-state index is 0.0178. The average Bonchev–Trinajstić information content (AvgIpc) is 3.52. The summed E-state index contributed by atoms with van der Waals surface area (Å²) in [6.07, 6.45) is 5.19. The van der Waals surface area contributed by atoms with Crippen LogP contribution in [0.1, 0.15) is 72.1 Å². The first-order valence-electron chi connectivity index (χ1n) is 14.3. The van der Waals surface area contributed by atoms with Gasteiger partial charge in [-0.25, -0.2) is 9.78 Å². The number of rotatable bonds is 14. The predicted octanol–water partition coefficient (Wildman–Crippen LogP) is 6.78. The molecule has 0 aliphatic carbocycles. The van der Waals surface area contributed by atoms with Crippen molar-refractivity contribution in [3.05, 3.63) is 88.5 Å². The first-order valence-corrected chi connectivity index (χ1v) is 15.1. The van der Waals surface area contributed by atoms with Crippen molar-refractivity contribution in [3.63, 3.8) is 0 Å². The smallest absolute Gasteiger partial charge is 0.350 e. The molecule has 1 aliphatic rings. The lowest BCUT2D eigenvalue weighted by Gasteiger charge is -2.23. The fraction of sp³-hybridized carbons (Fsp3) is 0.333. The van der Waals surface area contributed by atoms with E-state index in [1.807, 2.05) is 0 Å². The van der Waals surface area contributed by atoms with Crippen LogP contribution in [0, 0.1) is 6.92 Å². The standard InChI is InChI=1S/C33H36N2O7S/c1-5-8-18-40-24-15-13-22(14-16-24)27-26(28(36)23-11-10-12-25(20-23)41-19-9-6-2)29(37)31(38)35(27)33-34-21(4)30(43-33)32(39)42-17-7-3/h7,10-16,20,27,36H,3,5-6,8-9,17-19H2,1-2,4H3. The number of aryl methyl sites for hydroxylation is 1. The number of nitrogens with zero attached hydrogens (tertiary/aromatic N) is 2. The van der Waals surface area contributed by atoms with Crippen LogP contribution in [0.3, 0.4) is 0 Å². The number of amides is 1. The maximum atomic E-state index is 13.6. The summed E-state index contributed by atoms with van der Waals surface area (Å²) < 4.78 is 16.8. The van der Waals surface area contributed by atoms with Gasteiger partial charge in [0.2, 0.25) is 0 Å². The number of hydrogen-bond acceptors (Lipinski definition) is 9. The summed E-state index contributed by atoms with van der Waals surface area (Å²) in [5.41, 5.74) is 1.15. The monoisotopic (exact) mass is 604 g/mol. The number of carbonyl (C=O) groups is 3. The van der Waals surface area contributed by atoms with Crippen LogP contribution in [-0.4, -0.2) is 47.6 Å². The zero-order valence-corrected chi connectivity index (χ0v) is 25.4. The van der Waals surface area contributed by atoms with Crippen LogP contribution in [0.2, 0.25) is 0 Å². The van der Waals surface area contributed by atoms with E-state index in [4.69, 9.17) is 14.2 Å². The van der Waals surface area contributed by atoms with E-state index < -0.39 is 23.7 Å². The number of unbranched alkanes of at least 4 members (excludes halogenated alkanes) is 2. The van der Waals surface area contributed by atoms with Crippen molar-refractivity contribution in [1.82, 2.24) is 4.98 Å². The Hall–Kier alpha value is -4.44. The van der Waals surface area contributed by atoms with E-state index >= 15 is 0 Å². The third-order valence-corrected chi connectivity index (χ3v) is 7.93. The van der Waals surface area contributed by atoms with Gasteiger partial charge in [-0.05, 0) is 49.6 Å². The molecule has 1 N–H and O–H groups in total. The summed E-state index contributed by atoms with van der Waals surface area (Å²) in [6, 6.07) is 12.8. The van der Waals surface area contributed by atoms with E-state index in [1.54, 1.807) is 55.5 Å². The van der Waals surface area contributed by atoms with Gasteiger partial charge >= 0.3 is 11.9 Å². The van der Waals surface area contributed by atoms with Crippen molar-refractivity contribution < 1.29 is 33.7 Å². The number of carbonyl (C=O) groups excluding carboxylic acids is 3. The Bertz CT molecular complexity index is 1510. The average molecular weight is 605 g/mol. The molecule has 9 nitrogen and oxygen atoms in total. The summed E-state index contributed by atoms with van der Waals surface area (Å²) in [7, 11) is 0. The molecule has 4 rings (SSSR count). The molecule has 226 valence electrons. The number of aliphatic hydroxyl groups is 1. The lowest BCUT2D eigenvalue weighted by Crippen LogP contribution is -2.29. The van der Waals surface area contributed by atoms with Gasteiger partial charge < -0.3 is 19.3 Å². The van der Waals surface area contributed by atoms with Gasteiger partial charge in [0.25, 0.3) is 5.78 Å². The summed E-state index contributed by atoms with van der Waals surface area (Å²) in [6.45, 7) is 10.4. The van der Waals surface area contributed by atoms with Gasteiger partial charge in [-0.15, -0.1) is 0 Å². The van der Waals surface area contributed by atoms with Gasteiger partial charge in [-0.1, -0.05) is 74.9 Å². The Labute approximate surface area is 255 Å². The Kier molecular flexibility index (Phi) is 10.7. The Morgan fingerprint density at radius 2 is 1.72 bits per heavy atom. The number of esters is 1. The number of thiazole rings is 1. The van der Waals surface area contributed by atoms with Gasteiger partial charge in [-0.3, -0.25) is 14.5 Å². The number of Topliss-reactive ketones (excluding diaryl/α,β-unsaturated/α-hetero) is 1. The first-order chi connectivity index (χ1) is 20.8. The zero-order valence-electron chi connectivity index (χ0n) is 24.6. The summed E-state index contributed by atoms with van der Waals surface area (Å²) in [4.78, 5) is 45.7. The van der Waals surface area contributed by atoms with Crippen LogP contribution in [0.4, 0.5) is 5.13 Å². The van der Waals surface area contributed by atoms with E-state index in [2.05, 4.69) is 25.4 Å². The minimum Gasteiger partial charge on any atom is -0.507 e. The molecule has 1 saturated heterocycles. The highest BCUT2D eigenvalue weighted by Gasteiger charge is 2.48. The summed E-state index contributed by atoms with van der Waals surface area (Å²) >= 11 is 0.943. The van der Waals surface area contributed by atoms with Crippen molar-refractivity contribution in [2.45, 2.75) is 52.5 Å². The largest absolute Gasteiger partial charge is 0.507 e. The van der Waals surface area contributed by atoms with Gasteiger partial charge in [0.1, 0.15) is 28.7 Å². The molecule has 0 spiro atoms. The predicted molar refractivity (Wildman–Crippen MR) is 166 cm³/mol. The molecule has 10 heteroatoms. The molecule has 43 heavy (non-hydrogen) atoms. The number of ether oxygens (including phenoxy) is 3. The molecule has 1 fully saturated rings. The van der Waals surface area contributed by atoms with Crippen molar-refractivity contribution in [2.75, 3.05) is 24.7 Å². The molecule has 1 aromatic heterocycles. The first kappa shape index (κ1) is 31.5. The third-order valence-electron chi connectivity index (χ3n) is 6.79. The molecule has 1 aliphatic heterocycles. The Balaban J connectivity index is 1.80.